The number of ketones is 1. The molecule has 332 valence electrons. The van der Waals surface area contributed by atoms with E-state index in [0.717, 1.165) is 26.0 Å². The van der Waals surface area contributed by atoms with Crippen LogP contribution in [0.5, 0.6) is 0 Å². The number of thiazole rings is 1. The van der Waals surface area contributed by atoms with Crippen molar-refractivity contribution in [2.75, 3.05) is 5.33 Å². The number of ether oxygens (including phenoxy) is 1. The second-order valence-electron chi connectivity index (χ2n) is 12.3. The number of amides is 1. The number of thiocarbonyl (C=S) groups is 1. The van der Waals surface area contributed by atoms with Crippen molar-refractivity contribution in [2.24, 2.45) is 11.5 Å². The summed E-state index contributed by atoms with van der Waals surface area (Å²) in [6.45, 7) is 6.61. The molecule has 0 radical (unpaired) electrons. The number of aromatic nitrogens is 1. The molecule has 1 amide bonds. The first-order valence-corrected chi connectivity index (χ1v) is 22.1. The Bertz CT molecular complexity index is 2080. The van der Waals surface area contributed by atoms with Crippen molar-refractivity contribution in [2.45, 2.75) is 65.6 Å². The van der Waals surface area contributed by atoms with E-state index >= 15 is 0 Å². The third-order valence-corrected chi connectivity index (χ3v) is 10.5. The first-order valence-electron chi connectivity index (χ1n) is 16.6. The molecule has 0 bridgehead atoms. The molecule has 0 aliphatic carbocycles. The first kappa shape index (κ1) is 61.6. The van der Waals surface area contributed by atoms with Gasteiger partial charge in [0, 0.05) is 58.9 Å². The van der Waals surface area contributed by atoms with Gasteiger partial charge in [-0.05, 0) is 67.6 Å². The first-order chi connectivity index (χ1) is 27.5. The van der Waals surface area contributed by atoms with E-state index in [1.54, 1.807) is 85.1 Å². The summed E-state index contributed by atoms with van der Waals surface area (Å²) < 4.78 is 5.14. The van der Waals surface area contributed by atoms with Gasteiger partial charge in [0.05, 0.1) is 48.8 Å². The SMILES string of the molecule is Br.C.CC#N.CC(C)(C)OC(=O)N[C@H](Cc1ccc([N+](=O)[O-])cc1)C(=O)CBr.NC(=S)c1cccs1.N[C@H](Cc1ccc([N+](=O)[O-])cc1)c1csc(-c2cccs2)n1.S.S=S. The van der Waals surface area contributed by atoms with Crippen LogP contribution in [0, 0.1) is 31.6 Å². The summed E-state index contributed by atoms with van der Waals surface area (Å²) in [5.41, 5.74) is 13.4. The highest BCUT2D eigenvalue weighted by molar-refractivity contribution is 9.09. The minimum atomic E-state index is -0.773. The van der Waals surface area contributed by atoms with Gasteiger partial charge in [0.1, 0.15) is 15.6 Å². The Morgan fingerprint density at radius 3 is 1.79 bits per heavy atom. The van der Waals surface area contributed by atoms with Crippen LogP contribution in [0.4, 0.5) is 16.2 Å². The summed E-state index contributed by atoms with van der Waals surface area (Å²) in [6, 6.07) is 21.0. The summed E-state index contributed by atoms with van der Waals surface area (Å²) in [5.74, 6) is -0.214. The smallest absolute Gasteiger partial charge is 0.408 e. The number of nitriles is 1. The minimum Gasteiger partial charge on any atom is -0.444 e. The molecule has 14 nitrogen and oxygen atoms in total. The molecule has 0 aliphatic heterocycles. The highest BCUT2D eigenvalue weighted by atomic mass is 79.9. The van der Waals surface area contributed by atoms with E-state index in [-0.39, 0.29) is 72.9 Å². The van der Waals surface area contributed by atoms with Crippen LogP contribution in [-0.2, 0) is 44.7 Å². The molecule has 0 saturated heterocycles. The molecule has 2 atom stereocenters. The second kappa shape index (κ2) is 32.9. The molecule has 3 aromatic heterocycles. The fourth-order valence-corrected chi connectivity index (χ4v) is 7.16. The molecule has 23 heteroatoms. The van der Waals surface area contributed by atoms with Crippen LogP contribution < -0.4 is 16.8 Å². The van der Waals surface area contributed by atoms with Gasteiger partial charge in [0.25, 0.3) is 11.4 Å². The van der Waals surface area contributed by atoms with E-state index in [1.165, 1.54) is 31.2 Å². The summed E-state index contributed by atoms with van der Waals surface area (Å²) >= 11 is 19.9. The van der Waals surface area contributed by atoms with Crippen LogP contribution in [0.1, 0.15) is 62.9 Å². The molecular weight excluding hydrogens is 1050 g/mol. The third kappa shape index (κ3) is 24.5. The van der Waals surface area contributed by atoms with E-state index in [9.17, 15) is 29.8 Å². The number of Topliss-reactive ketones (excluding diaryl/α,β-unsaturated/α-hetero) is 1. The number of nitrogens with two attached hydrogens (primary N) is 2. The lowest BCUT2D eigenvalue weighted by molar-refractivity contribution is -0.385. The summed E-state index contributed by atoms with van der Waals surface area (Å²) in [4.78, 5) is 51.4. The molecule has 5 aromatic rings. The predicted molar refractivity (Wildman–Crippen MR) is 272 cm³/mol. The molecule has 0 unspecified atom stereocenters. The zero-order valence-corrected chi connectivity index (χ0v) is 41.7. The van der Waals surface area contributed by atoms with Gasteiger partial charge >= 0.3 is 6.09 Å². The van der Waals surface area contributed by atoms with Crippen LogP contribution in [0.25, 0.3) is 9.88 Å². The lowest BCUT2D eigenvalue weighted by Gasteiger charge is -2.23. The summed E-state index contributed by atoms with van der Waals surface area (Å²) in [6.07, 6.45) is 0.145. The number of hydrogen-bond acceptors (Lipinski definition) is 16. The van der Waals surface area contributed by atoms with Gasteiger partial charge in [0.15, 0.2) is 5.78 Å². The van der Waals surface area contributed by atoms with Crippen LogP contribution >= 0.6 is 92.6 Å². The molecule has 5 N–H and O–H groups in total. The highest BCUT2D eigenvalue weighted by Crippen LogP contribution is 2.30. The number of nitro benzene ring substituents is 2. The zero-order chi connectivity index (χ0) is 43.8. The van der Waals surface area contributed by atoms with Gasteiger partial charge in [0.2, 0.25) is 0 Å². The maximum absolute atomic E-state index is 12.0. The third-order valence-electron chi connectivity index (χ3n) is 6.80. The van der Waals surface area contributed by atoms with E-state index in [2.05, 4.69) is 48.6 Å². The number of alkyl carbamates (subject to hydrolysis) is 1. The number of rotatable bonds is 12. The number of hydrogen-bond donors (Lipinski definition) is 3. The largest absolute Gasteiger partial charge is 0.444 e. The number of benzene rings is 2. The maximum Gasteiger partial charge on any atom is 0.408 e. The lowest BCUT2D eigenvalue weighted by atomic mass is 10.0. The molecule has 0 spiro atoms. The number of nitro groups is 2. The van der Waals surface area contributed by atoms with E-state index < -0.39 is 27.6 Å². The quantitative estimate of drug-likeness (QED) is 0.0457. The van der Waals surface area contributed by atoms with Crippen molar-refractivity contribution in [3.05, 3.63) is 131 Å². The van der Waals surface area contributed by atoms with E-state index in [4.69, 9.17) is 33.7 Å². The van der Waals surface area contributed by atoms with Crippen molar-refractivity contribution >= 4 is 143 Å². The van der Waals surface area contributed by atoms with Gasteiger partial charge in [-0.25, -0.2) is 9.78 Å². The fourth-order valence-electron chi connectivity index (χ4n) is 4.28. The Balaban J connectivity index is -0.000000825. The highest BCUT2D eigenvalue weighted by Gasteiger charge is 2.24. The number of carbonyl (C=O) groups is 2. The van der Waals surface area contributed by atoms with Crippen molar-refractivity contribution in [3.63, 3.8) is 0 Å². The van der Waals surface area contributed by atoms with Crippen LogP contribution in [0.3, 0.4) is 0 Å². The standard InChI is InChI=1S/C15H19BrN2O5.C15H13N3O2S2.C5H5NS2.C2H3N.CH4.BrH.S2.H2S/c1-15(2,3)23-14(20)17-12(13(19)9-16)8-10-4-6-11(7-5-10)18(21)22;16-12(8-10-3-5-11(6-4-10)18(19)20)13-9-22-15(17-13)14-2-1-7-21-14;6-5(7)4-2-1-3-8-4;1-2-3;;;1-2;/h4-7,12H,8-9H2,1-3H3,(H,17,20);1-7,9,12H,8,16H2;1-3H,(H2,6,7);1H3;1H4;1H;;1H2/t2*12-;;;;;;/m11....../s1. The fraction of sp³-hybridized carbons (Fsp3) is 0.289. The van der Waals surface area contributed by atoms with Gasteiger partial charge in [-0.1, -0.05) is 72.0 Å². The second-order valence-corrected chi connectivity index (χ2v) is 16.0. The Hall–Kier alpha value is -3.70. The molecule has 0 aliphatic rings. The molecule has 0 saturated carbocycles. The van der Waals surface area contributed by atoms with Crippen molar-refractivity contribution < 1.29 is 24.2 Å². The number of nitrogens with zero attached hydrogens (tertiary/aromatic N) is 4. The Morgan fingerprint density at radius 2 is 1.41 bits per heavy atom. The van der Waals surface area contributed by atoms with Crippen molar-refractivity contribution in [3.8, 4) is 16.0 Å². The average Bonchev–Trinajstić information content (AvgIpc) is 4.00. The number of non-ortho nitro benzene ring substituents is 2. The number of carbonyl (C=O) groups excluding carboxylic acids is 2. The van der Waals surface area contributed by atoms with Crippen molar-refractivity contribution in [1.82, 2.24) is 10.3 Å². The topological polar surface area (TPSA) is 230 Å². The van der Waals surface area contributed by atoms with E-state index in [1.807, 2.05) is 40.4 Å². The number of nitrogens with one attached hydrogen (secondary N) is 1. The molecule has 2 aromatic carbocycles. The summed E-state index contributed by atoms with van der Waals surface area (Å²) in [5, 5.41) is 38.1. The Kier molecular flexibility index (Phi) is 33.3. The predicted octanol–water partition coefficient (Wildman–Crippen LogP) is 10.3. The van der Waals surface area contributed by atoms with Gasteiger partial charge in [-0.15, -0.1) is 51.0 Å². The summed E-state index contributed by atoms with van der Waals surface area (Å²) in [7, 11) is 0. The average molecular weight is 1100 g/mol. The Labute approximate surface area is 408 Å². The van der Waals surface area contributed by atoms with Crippen LogP contribution in [0.2, 0.25) is 0 Å². The molecule has 5 rings (SSSR count). The van der Waals surface area contributed by atoms with Crippen LogP contribution in [-0.4, -0.2) is 48.7 Å². The Morgan fingerprint density at radius 1 is 0.934 bits per heavy atom. The minimum absolute atomic E-state index is 0. The maximum atomic E-state index is 12.0. The van der Waals surface area contributed by atoms with Crippen LogP contribution in [0.15, 0.2) is 88.9 Å². The van der Waals surface area contributed by atoms with Gasteiger partial charge in [-0.3, -0.25) is 25.0 Å². The molecule has 3 heterocycles. The molecule has 61 heavy (non-hydrogen) atoms. The number of halogens is 2. The van der Waals surface area contributed by atoms with E-state index in [0.29, 0.717) is 17.0 Å². The molecular formula is C38H47Br2N7O7S7. The van der Waals surface area contributed by atoms with Gasteiger partial charge in [-0.2, -0.15) is 18.8 Å². The zero-order valence-electron chi connectivity index (χ0n) is 32.5. The van der Waals surface area contributed by atoms with Gasteiger partial charge < -0.3 is 21.5 Å². The lowest BCUT2D eigenvalue weighted by Crippen LogP contribution is -2.45. The normalized spacial score (nSPS) is 10.4. The monoisotopic (exact) mass is 1090 g/mol. The number of alkyl halides is 1. The molecule has 0 fully saturated rings. The number of thiophene rings is 2. The van der Waals surface area contributed by atoms with Crippen molar-refractivity contribution in [1.29, 1.82) is 5.26 Å².